The van der Waals surface area contributed by atoms with Crippen LogP contribution >= 0.6 is 0 Å². The summed E-state index contributed by atoms with van der Waals surface area (Å²) in [6.07, 6.45) is 0.375. The SMILES string of the molecule is C[C@H](C#N)CC(=O)C(C)(C)C. The number of Topliss-reactive ketones (excluding diaryl/α,β-unsaturated/α-hetero) is 1. The highest BCUT2D eigenvalue weighted by Gasteiger charge is 2.22. The molecule has 1 atom stereocenters. The van der Waals surface area contributed by atoms with Gasteiger partial charge in [-0.25, -0.2) is 0 Å². The van der Waals surface area contributed by atoms with Gasteiger partial charge in [-0.05, 0) is 6.92 Å². The van der Waals surface area contributed by atoms with Crippen molar-refractivity contribution in [3.63, 3.8) is 0 Å². The van der Waals surface area contributed by atoms with Crippen LogP contribution in [0, 0.1) is 22.7 Å². The lowest BCUT2D eigenvalue weighted by Crippen LogP contribution is -2.21. The van der Waals surface area contributed by atoms with Crippen LogP contribution in [0.25, 0.3) is 0 Å². The summed E-state index contributed by atoms with van der Waals surface area (Å²) < 4.78 is 0. The van der Waals surface area contributed by atoms with Crippen LogP contribution in [-0.4, -0.2) is 5.78 Å². The summed E-state index contributed by atoms with van der Waals surface area (Å²) >= 11 is 0. The van der Waals surface area contributed by atoms with Crippen LogP contribution in [0.15, 0.2) is 0 Å². The Kier molecular flexibility index (Phi) is 3.25. The van der Waals surface area contributed by atoms with E-state index in [1.807, 2.05) is 26.8 Å². The number of rotatable bonds is 2. The number of hydrogen-bond donors (Lipinski definition) is 0. The van der Waals surface area contributed by atoms with Crippen LogP contribution in [0.4, 0.5) is 0 Å². The quantitative estimate of drug-likeness (QED) is 0.610. The predicted octanol–water partition coefficient (Wildman–Crippen LogP) is 2.15. The molecule has 0 aliphatic rings. The van der Waals surface area contributed by atoms with Crippen molar-refractivity contribution in [1.82, 2.24) is 0 Å². The van der Waals surface area contributed by atoms with Gasteiger partial charge in [0, 0.05) is 11.8 Å². The highest BCUT2D eigenvalue weighted by Crippen LogP contribution is 2.19. The topological polar surface area (TPSA) is 40.9 Å². The molecule has 0 saturated heterocycles. The first-order chi connectivity index (χ1) is 4.88. The van der Waals surface area contributed by atoms with E-state index >= 15 is 0 Å². The lowest BCUT2D eigenvalue weighted by atomic mass is 9.86. The molecule has 0 amide bonds. The van der Waals surface area contributed by atoms with E-state index in [1.54, 1.807) is 6.92 Å². The smallest absolute Gasteiger partial charge is 0.139 e. The van der Waals surface area contributed by atoms with Crippen molar-refractivity contribution in [1.29, 1.82) is 5.26 Å². The molecular formula is C9H15NO. The lowest BCUT2D eigenvalue weighted by molar-refractivity contribution is -0.126. The minimum atomic E-state index is -0.300. The molecule has 0 rings (SSSR count). The summed E-state index contributed by atoms with van der Waals surface area (Å²) in [7, 11) is 0. The Morgan fingerprint density at radius 1 is 1.55 bits per heavy atom. The first-order valence-electron chi connectivity index (χ1n) is 3.81. The zero-order valence-corrected chi connectivity index (χ0v) is 7.64. The normalized spacial score (nSPS) is 13.7. The second-order valence-corrected chi connectivity index (χ2v) is 3.91. The molecule has 2 heteroatoms. The first kappa shape index (κ1) is 10.2. The van der Waals surface area contributed by atoms with Crippen LogP contribution in [0.3, 0.4) is 0 Å². The van der Waals surface area contributed by atoms with Crippen molar-refractivity contribution >= 4 is 5.78 Å². The summed E-state index contributed by atoms with van der Waals surface area (Å²) in [5, 5.41) is 8.45. The summed E-state index contributed by atoms with van der Waals surface area (Å²) in [5.41, 5.74) is -0.300. The van der Waals surface area contributed by atoms with Gasteiger partial charge < -0.3 is 0 Å². The predicted molar refractivity (Wildman–Crippen MR) is 43.9 cm³/mol. The van der Waals surface area contributed by atoms with E-state index in [0.29, 0.717) is 6.42 Å². The van der Waals surface area contributed by atoms with Gasteiger partial charge in [0.05, 0.1) is 12.0 Å². The van der Waals surface area contributed by atoms with Crippen LogP contribution in [0.1, 0.15) is 34.1 Å². The monoisotopic (exact) mass is 153 g/mol. The number of hydrogen-bond acceptors (Lipinski definition) is 2. The van der Waals surface area contributed by atoms with Gasteiger partial charge in [0.2, 0.25) is 0 Å². The Morgan fingerprint density at radius 3 is 2.27 bits per heavy atom. The second kappa shape index (κ2) is 3.52. The first-order valence-corrected chi connectivity index (χ1v) is 3.81. The molecule has 0 aliphatic carbocycles. The van der Waals surface area contributed by atoms with Crippen molar-refractivity contribution in [2.24, 2.45) is 11.3 Å². The largest absolute Gasteiger partial charge is 0.299 e. The number of carbonyl (C=O) groups is 1. The number of nitrogens with zero attached hydrogens (tertiary/aromatic N) is 1. The molecule has 0 aromatic rings. The molecule has 0 unspecified atom stereocenters. The Hall–Kier alpha value is -0.840. The number of carbonyl (C=O) groups excluding carboxylic acids is 1. The van der Waals surface area contributed by atoms with E-state index in [-0.39, 0.29) is 17.1 Å². The standard InChI is InChI=1S/C9H15NO/c1-7(6-10)5-8(11)9(2,3)4/h7H,5H2,1-4H3/t7-/m0/s1. The maximum atomic E-state index is 11.3. The van der Waals surface area contributed by atoms with Crippen molar-refractivity contribution < 1.29 is 4.79 Å². The maximum Gasteiger partial charge on any atom is 0.139 e. The molecule has 0 saturated carbocycles. The van der Waals surface area contributed by atoms with Crippen molar-refractivity contribution in [2.75, 3.05) is 0 Å². The summed E-state index contributed by atoms with van der Waals surface area (Å²) in [4.78, 5) is 11.3. The molecule has 0 spiro atoms. The van der Waals surface area contributed by atoms with Gasteiger partial charge in [0.1, 0.15) is 5.78 Å². The molecule has 0 bridgehead atoms. The fourth-order valence-corrected chi connectivity index (χ4v) is 0.630. The van der Waals surface area contributed by atoms with E-state index in [1.165, 1.54) is 0 Å². The molecule has 2 nitrogen and oxygen atoms in total. The molecular weight excluding hydrogens is 138 g/mol. The third-order valence-corrected chi connectivity index (χ3v) is 1.55. The van der Waals surface area contributed by atoms with Crippen LogP contribution in [-0.2, 0) is 4.79 Å². The van der Waals surface area contributed by atoms with E-state index < -0.39 is 0 Å². The molecule has 0 N–H and O–H groups in total. The zero-order chi connectivity index (χ0) is 9.07. The van der Waals surface area contributed by atoms with Gasteiger partial charge in [-0.1, -0.05) is 20.8 Å². The van der Waals surface area contributed by atoms with Crippen molar-refractivity contribution in [2.45, 2.75) is 34.1 Å². The zero-order valence-electron chi connectivity index (χ0n) is 7.64. The van der Waals surface area contributed by atoms with Gasteiger partial charge in [-0.3, -0.25) is 4.79 Å². The summed E-state index contributed by atoms with van der Waals surface area (Å²) in [6, 6.07) is 2.05. The fraction of sp³-hybridized carbons (Fsp3) is 0.778. The molecule has 0 fully saturated rings. The van der Waals surface area contributed by atoms with E-state index in [4.69, 9.17) is 5.26 Å². The number of ketones is 1. The van der Waals surface area contributed by atoms with Gasteiger partial charge >= 0.3 is 0 Å². The van der Waals surface area contributed by atoms with Gasteiger partial charge in [0.15, 0.2) is 0 Å². The van der Waals surface area contributed by atoms with E-state index in [0.717, 1.165) is 0 Å². The molecule has 0 radical (unpaired) electrons. The Balaban J connectivity index is 4.01. The van der Waals surface area contributed by atoms with Crippen molar-refractivity contribution in [3.8, 4) is 6.07 Å². The average molecular weight is 153 g/mol. The highest BCUT2D eigenvalue weighted by molar-refractivity contribution is 5.83. The molecule has 11 heavy (non-hydrogen) atoms. The summed E-state index contributed by atoms with van der Waals surface area (Å²) in [6.45, 7) is 7.39. The maximum absolute atomic E-state index is 11.3. The minimum absolute atomic E-state index is 0.151. The third-order valence-electron chi connectivity index (χ3n) is 1.55. The van der Waals surface area contributed by atoms with Gasteiger partial charge in [0.25, 0.3) is 0 Å². The Bertz CT molecular complexity index is 183. The van der Waals surface area contributed by atoms with E-state index in [2.05, 4.69) is 0 Å². The van der Waals surface area contributed by atoms with Crippen molar-refractivity contribution in [3.05, 3.63) is 0 Å². The molecule has 0 aliphatic heterocycles. The second-order valence-electron chi connectivity index (χ2n) is 3.91. The number of nitriles is 1. The molecule has 0 aromatic carbocycles. The molecule has 62 valence electrons. The van der Waals surface area contributed by atoms with Crippen LogP contribution < -0.4 is 0 Å². The van der Waals surface area contributed by atoms with Crippen LogP contribution in [0.5, 0.6) is 0 Å². The molecule has 0 heterocycles. The van der Waals surface area contributed by atoms with Gasteiger partial charge in [-0.2, -0.15) is 5.26 Å². The minimum Gasteiger partial charge on any atom is -0.299 e. The highest BCUT2D eigenvalue weighted by atomic mass is 16.1. The molecule has 0 aromatic heterocycles. The summed E-state index contributed by atoms with van der Waals surface area (Å²) in [5.74, 6) is 0.00766. The third kappa shape index (κ3) is 3.77. The average Bonchev–Trinajstić information content (AvgIpc) is 1.85. The van der Waals surface area contributed by atoms with Crippen LogP contribution in [0.2, 0.25) is 0 Å². The lowest BCUT2D eigenvalue weighted by Gasteiger charge is -2.16. The Morgan fingerprint density at radius 2 is 2.00 bits per heavy atom. The van der Waals surface area contributed by atoms with Gasteiger partial charge in [-0.15, -0.1) is 0 Å². The fourth-order valence-electron chi connectivity index (χ4n) is 0.630. The van der Waals surface area contributed by atoms with E-state index in [9.17, 15) is 4.79 Å². The Labute approximate surface area is 68.2 Å².